The minimum absolute atomic E-state index is 0.0962. The van der Waals surface area contributed by atoms with Crippen LogP contribution >= 0.6 is 23.2 Å². The second-order valence-corrected chi connectivity index (χ2v) is 7.09. The fraction of sp³-hybridized carbons (Fsp3) is 0.0455. The number of nitrogens with one attached hydrogen (secondary N) is 1. The van der Waals surface area contributed by atoms with E-state index in [4.69, 9.17) is 23.2 Å². The van der Waals surface area contributed by atoms with Crippen LogP contribution in [-0.4, -0.2) is 5.91 Å². The van der Waals surface area contributed by atoms with Crippen molar-refractivity contribution in [1.82, 2.24) is 0 Å². The van der Waals surface area contributed by atoms with Crippen LogP contribution in [0.1, 0.15) is 11.6 Å². The Morgan fingerprint density at radius 3 is 2.00 bits per heavy atom. The summed E-state index contributed by atoms with van der Waals surface area (Å²) in [6.07, 6.45) is 1.95. The van der Waals surface area contributed by atoms with E-state index in [0.717, 1.165) is 16.9 Å². The highest BCUT2D eigenvalue weighted by atomic mass is 35.5. The monoisotopic (exact) mass is 394 g/mol. The van der Waals surface area contributed by atoms with Crippen molar-refractivity contribution < 1.29 is 4.79 Å². The summed E-state index contributed by atoms with van der Waals surface area (Å²) in [5.41, 5.74) is 3.17. The summed E-state index contributed by atoms with van der Waals surface area (Å²) in [5.74, 6) is -0.0962. The van der Waals surface area contributed by atoms with Crippen molar-refractivity contribution in [1.29, 1.82) is 0 Å². The zero-order chi connectivity index (χ0) is 18.8. The summed E-state index contributed by atoms with van der Waals surface area (Å²) in [6.45, 7) is 0. The number of hydrogen-bond acceptors (Lipinski definition) is 2. The van der Waals surface area contributed by atoms with E-state index in [1.54, 1.807) is 29.2 Å². The molecule has 1 heterocycles. The molecular weight excluding hydrogens is 379 g/mol. The van der Waals surface area contributed by atoms with Gasteiger partial charge in [0.25, 0.3) is 5.91 Å². The molecule has 1 N–H and O–H groups in total. The normalized spacial score (nSPS) is 16.4. The molecule has 134 valence electrons. The first-order valence-corrected chi connectivity index (χ1v) is 9.26. The summed E-state index contributed by atoms with van der Waals surface area (Å²) in [7, 11) is 0. The van der Waals surface area contributed by atoms with Gasteiger partial charge in [-0.15, -0.1) is 0 Å². The summed E-state index contributed by atoms with van der Waals surface area (Å²) >= 11 is 12.0. The number of amides is 1. The number of anilines is 2. The first-order valence-electron chi connectivity index (χ1n) is 8.50. The highest BCUT2D eigenvalue weighted by Gasteiger charge is 2.34. The summed E-state index contributed by atoms with van der Waals surface area (Å²) in [6, 6.07) is 24.3. The Balaban J connectivity index is 1.71. The van der Waals surface area contributed by atoms with Crippen molar-refractivity contribution >= 4 is 40.5 Å². The fourth-order valence-electron chi connectivity index (χ4n) is 3.12. The third kappa shape index (κ3) is 3.70. The van der Waals surface area contributed by atoms with Gasteiger partial charge in [0.15, 0.2) is 0 Å². The van der Waals surface area contributed by atoms with Crippen LogP contribution in [0.3, 0.4) is 0 Å². The molecule has 1 aliphatic rings. The first kappa shape index (κ1) is 17.7. The maximum absolute atomic E-state index is 13.2. The van der Waals surface area contributed by atoms with Crippen LogP contribution in [0.4, 0.5) is 11.4 Å². The molecule has 3 aromatic rings. The third-order valence-corrected chi connectivity index (χ3v) is 4.92. The van der Waals surface area contributed by atoms with E-state index in [9.17, 15) is 4.79 Å². The van der Waals surface area contributed by atoms with E-state index < -0.39 is 0 Å². The zero-order valence-electron chi connectivity index (χ0n) is 14.3. The first-order chi connectivity index (χ1) is 13.1. The zero-order valence-corrected chi connectivity index (χ0v) is 15.8. The summed E-state index contributed by atoms with van der Waals surface area (Å²) in [5, 5.41) is 4.50. The molecule has 0 spiro atoms. The number of carbonyl (C=O) groups excluding carboxylic acids is 1. The van der Waals surface area contributed by atoms with Crippen LogP contribution < -0.4 is 10.2 Å². The predicted molar refractivity (Wildman–Crippen MR) is 111 cm³/mol. The molecule has 1 atom stereocenters. The molecule has 0 saturated carbocycles. The van der Waals surface area contributed by atoms with Crippen LogP contribution in [0.5, 0.6) is 0 Å². The molecule has 3 nitrogen and oxygen atoms in total. The quantitative estimate of drug-likeness (QED) is 0.581. The van der Waals surface area contributed by atoms with Gasteiger partial charge in [0, 0.05) is 21.4 Å². The average Bonchev–Trinajstić information content (AvgIpc) is 3.01. The van der Waals surface area contributed by atoms with Crippen LogP contribution in [0.2, 0.25) is 10.0 Å². The summed E-state index contributed by atoms with van der Waals surface area (Å²) in [4.78, 5) is 14.9. The Morgan fingerprint density at radius 2 is 1.37 bits per heavy atom. The Bertz CT molecular complexity index is 983. The van der Waals surface area contributed by atoms with Crippen molar-refractivity contribution in [2.24, 2.45) is 0 Å². The molecule has 0 saturated heterocycles. The maximum Gasteiger partial charge on any atom is 0.275 e. The van der Waals surface area contributed by atoms with Crippen molar-refractivity contribution in [2.75, 3.05) is 10.2 Å². The smallest absolute Gasteiger partial charge is 0.275 e. The number of hydrogen-bond donors (Lipinski definition) is 1. The molecule has 0 bridgehead atoms. The average molecular weight is 395 g/mol. The van der Waals surface area contributed by atoms with E-state index in [1.165, 1.54) is 0 Å². The van der Waals surface area contributed by atoms with E-state index in [2.05, 4.69) is 5.32 Å². The van der Waals surface area contributed by atoms with Gasteiger partial charge in [-0.25, -0.2) is 0 Å². The van der Waals surface area contributed by atoms with Gasteiger partial charge in [-0.3, -0.25) is 9.69 Å². The molecule has 27 heavy (non-hydrogen) atoms. The van der Waals surface area contributed by atoms with Gasteiger partial charge >= 0.3 is 0 Å². The van der Waals surface area contributed by atoms with Gasteiger partial charge in [-0.05, 0) is 60.2 Å². The number of nitrogens with zero attached hydrogens (tertiary/aromatic N) is 1. The van der Waals surface area contributed by atoms with Gasteiger partial charge in [-0.1, -0.05) is 53.5 Å². The SMILES string of the molecule is O=C1C(Nc2ccc(Cl)cc2)=C[C@@H](c2ccccc2)N1c1ccc(Cl)cc1. The second kappa shape index (κ2) is 7.47. The Hall–Kier alpha value is -2.75. The largest absolute Gasteiger partial charge is 0.351 e. The van der Waals surface area contributed by atoms with Gasteiger partial charge in [0.05, 0.1) is 6.04 Å². The van der Waals surface area contributed by atoms with Crippen molar-refractivity contribution in [3.8, 4) is 0 Å². The predicted octanol–water partition coefficient (Wildman–Crippen LogP) is 6.08. The van der Waals surface area contributed by atoms with E-state index in [0.29, 0.717) is 15.7 Å². The molecule has 1 amide bonds. The minimum atomic E-state index is -0.199. The standard InChI is InChI=1S/C22H16Cl2N2O/c23-16-6-10-18(11-7-16)25-20-14-21(15-4-2-1-3-5-15)26(22(20)27)19-12-8-17(24)9-13-19/h1-14,21,25H/t21-/m0/s1. The Morgan fingerprint density at radius 1 is 0.778 bits per heavy atom. The lowest BCUT2D eigenvalue weighted by molar-refractivity contribution is -0.114. The van der Waals surface area contributed by atoms with E-state index in [1.807, 2.05) is 60.7 Å². The van der Waals surface area contributed by atoms with Gasteiger partial charge < -0.3 is 5.32 Å². The van der Waals surface area contributed by atoms with Gasteiger partial charge in [0.2, 0.25) is 0 Å². The molecule has 0 fully saturated rings. The number of halogens is 2. The molecule has 5 heteroatoms. The van der Waals surface area contributed by atoms with Crippen molar-refractivity contribution in [3.63, 3.8) is 0 Å². The second-order valence-electron chi connectivity index (χ2n) is 6.22. The lowest BCUT2D eigenvalue weighted by Crippen LogP contribution is -2.30. The molecular formula is C22H16Cl2N2O. The van der Waals surface area contributed by atoms with Crippen LogP contribution in [-0.2, 0) is 4.79 Å². The molecule has 3 aromatic carbocycles. The highest BCUT2D eigenvalue weighted by molar-refractivity contribution is 6.31. The lowest BCUT2D eigenvalue weighted by Gasteiger charge is -2.25. The summed E-state index contributed by atoms with van der Waals surface area (Å²) < 4.78 is 0. The van der Waals surface area contributed by atoms with Crippen molar-refractivity contribution in [2.45, 2.75) is 6.04 Å². The molecule has 0 unspecified atom stereocenters. The van der Waals surface area contributed by atoms with Crippen LogP contribution in [0, 0.1) is 0 Å². The molecule has 0 radical (unpaired) electrons. The highest BCUT2D eigenvalue weighted by Crippen LogP contribution is 2.36. The number of carbonyl (C=O) groups is 1. The molecule has 1 aliphatic heterocycles. The van der Waals surface area contributed by atoms with Gasteiger partial charge in [-0.2, -0.15) is 0 Å². The van der Waals surface area contributed by atoms with E-state index >= 15 is 0 Å². The maximum atomic E-state index is 13.2. The van der Waals surface area contributed by atoms with Crippen LogP contribution in [0.15, 0.2) is 90.6 Å². The fourth-order valence-corrected chi connectivity index (χ4v) is 3.37. The van der Waals surface area contributed by atoms with Gasteiger partial charge in [0.1, 0.15) is 5.70 Å². The topological polar surface area (TPSA) is 32.3 Å². The minimum Gasteiger partial charge on any atom is -0.351 e. The molecule has 0 aromatic heterocycles. The van der Waals surface area contributed by atoms with Crippen LogP contribution in [0.25, 0.3) is 0 Å². The Kier molecular flexibility index (Phi) is 4.88. The number of benzene rings is 3. The molecule has 4 rings (SSSR count). The lowest BCUT2D eigenvalue weighted by atomic mass is 10.1. The van der Waals surface area contributed by atoms with E-state index in [-0.39, 0.29) is 11.9 Å². The van der Waals surface area contributed by atoms with Crippen molar-refractivity contribution in [3.05, 3.63) is 106 Å². The Labute approximate surface area is 167 Å². The molecule has 0 aliphatic carbocycles. The third-order valence-electron chi connectivity index (χ3n) is 4.42. The number of rotatable bonds is 4.